The largest absolute Gasteiger partial charge is 0.371 e. The van der Waals surface area contributed by atoms with Crippen LogP contribution in [0.1, 0.15) is 17.0 Å². The summed E-state index contributed by atoms with van der Waals surface area (Å²) in [5, 5.41) is 0. The molecule has 4 heteroatoms. The lowest BCUT2D eigenvalue weighted by Crippen LogP contribution is -2.45. The van der Waals surface area contributed by atoms with Crippen molar-refractivity contribution in [1.82, 2.24) is 14.7 Å². The lowest BCUT2D eigenvalue weighted by molar-refractivity contribution is 0.191. The maximum absolute atomic E-state index is 4.54. The average Bonchev–Trinajstić information content (AvgIpc) is 2.84. The van der Waals surface area contributed by atoms with Gasteiger partial charge in [0.25, 0.3) is 0 Å². The fourth-order valence-electron chi connectivity index (χ4n) is 3.99. The highest BCUT2D eigenvalue weighted by Crippen LogP contribution is 2.33. The van der Waals surface area contributed by atoms with Crippen LogP contribution in [0.15, 0.2) is 115 Å². The van der Waals surface area contributed by atoms with Crippen LogP contribution in [0.2, 0.25) is 0 Å². The molecule has 0 radical (unpaired) electrons. The molecule has 0 saturated carbocycles. The molecule has 4 nitrogen and oxygen atoms in total. The number of allylic oxidation sites excluding steroid dienone is 3. The maximum atomic E-state index is 4.54. The molecule has 0 N–H and O–H groups in total. The molecule has 0 unspecified atom stereocenters. The second kappa shape index (κ2) is 11.2. The van der Waals surface area contributed by atoms with Crippen molar-refractivity contribution in [2.45, 2.75) is 5.92 Å². The number of likely N-dealkylation sites (N-methyl/N-ethyl adjacent to an activating group) is 1. The number of hydrogen-bond acceptors (Lipinski definition) is 3. The van der Waals surface area contributed by atoms with Crippen LogP contribution in [0.5, 0.6) is 0 Å². The first-order valence-electron chi connectivity index (χ1n) is 11.0. The molecule has 1 fully saturated rings. The minimum atomic E-state index is 0.158. The molecular formula is C28H34N4. The summed E-state index contributed by atoms with van der Waals surface area (Å²) >= 11 is 0. The molecule has 166 valence electrons. The van der Waals surface area contributed by atoms with Gasteiger partial charge in [-0.1, -0.05) is 80.4 Å². The highest BCUT2D eigenvalue weighted by Gasteiger charge is 2.25. The zero-order valence-corrected chi connectivity index (χ0v) is 19.3. The van der Waals surface area contributed by atoms with Gasteiger partial charge in [0.05, 0.1) is 6.34 Å². The highest BCUT2D eigenvalue weighted by atomic mass is 15.3. The minimum Gasteiger partial charge on any atom is -0.371 e. The molecule has 0 aromatic heterocycles. The van der Waals surface area contributed by atoms with E-state index in [2.05, 4.69) is 95.2 Å². The molecule has 3 rings (SSSR count). The number of rotatable bonds is 9. The molecule has 0 spiro atoms. The van der Waals surface area contributed by atoms with Crippen molar-refractivity contribution in [3.63, 3.8) is 0 Å². The Labute approximate surface area is 193 Å². The lowest BCUT2D eigenvalue weighted by atomic mass is 9.88. The predicted molar refractivity (Wildman–Crippen MR) is 137 cm³/mol. The van der Waals surface area contributed by atoms with Gasteiger partial charge < -0.3 is 14.7 Å². The van der Waals surface area contributed by atoms with Gasteiger partial charge in [-0.25, -0.2) is 0 Å². The van der Waals surface area contributed by atoms with Gasteiger partial charge in [0.1, 0.15) is 0 Å². The van der Waals surface area contributed by atoms with Crippen LogP contribution < -0.4 is 0 Å². The van der Waals surface area contributed by atoms with Gasteiger partial charge in [0.15, 0.2) is 0 Å². The lowest BCUT2D eigenvalue weighted by Gasteiger charge is -2.40. The van der Waals surface area contributed by atoms with E-state index in [0.29, 0.717) is 0 Å². The van der Waals surface area contributed by atoms with Crippen LogP contribution in [0.4, 0.5) is 0 Å². The van der Waals surface area contributed by atoms with E-state index >= 15 is 0 Å². The molecule has 1 heterocycles. The first-order valence-corrected chi connectivity index (χ1v) is 11.0. The Bertz CT molecular complexity index is 928. The number of nitrogens with zero attached hydrogens (tertiary/aromatic N) is 4. The van der Waals surface area contributed by atoms with Crippen LogP contribution in [-0.4, -0.2) is 61.3 Å². The summed E-state index contributed by atoms with van der Waals surface area (Å²) < 4.78 is 0. The van der Waals surface area contributed by atoms with E-state index in [0.717, 1.165) is 43.3 Å². The van der Waals surface area contributed by atoms with Crippen LogP contribution >= 0.6 is 0 Å². The summed E-state index contributed by atoms with van der Waals surface area (Å²) in [6, 6.07) is 21.3. The normalized spacial score (nSPS) is 14.3. The van der Waals surface area contributed by atoms with E-state index in [9.17, 15) is 0 Å². The van der Waals surface area contributed by atoms with Crippen molar-refractivity contribution in [3.05, 3.63) is 121 Å². The van der Waals surface area contributed by atoms with E-state index < -0.39 is 0 Å². The van der Waals surface area contributed by atoms with E-state index in [-0.39, 0.29) is 5.92 Å². The molecular weight excluding hydrogens is 392 g/mol. The van der Waals surface area contributed by atoms with Gasteiger partial charge in [-0.05, 0) is 23.3 Å². The van der Waals surface area contributed by atoms with Gasteiger partial charge in [-0.3, -0.25) is 4.99 Å². The zero-order valence-electron chi connectivity index (χ0n) is 19.3. The van der Waals surface area contributed by atoms with Gasteiger partial charge in [-0.15, -0.1) is 0 Å². The second-order valence-electron chi connectivity index (χ2n) is 8.02. The maximum Gasteiger partial charge on any atom is 0.0888 e. The van der Waals surface area contributed by atoms with Crippen LogP contribution in [-0.2, 0) is 0 Å². The van der Waals surface area contributed by atoms with E-state index in [4.69, 9.17) is 0 Å². The molecule has 1 aliphatic heterocycles. The van der Waals surface area contributed by atoms with Gasteiger partial charge in [0, 0.05) is 63.3 Å². The molecule has 1 aliphatic rings. The monoisotopic (exact) mass is 426 g/mol. The zero-order chi connectivity index (χ0) is 22.9. The Morgan fingerprint density at radius 3 is 1.84 bits per heavy atom. The number of piperazine rings is 1. The summed E-state index contributed by atoms with van der Waals surface area (Å²) in [6.07, 6.45) is 5.76. The first kappa shape index (κ1) is 23.1. The summed E-state index contributed by atoms with van der Waals surface area (Å²) in [6.45, 7) is 16.5. The van der Waals surface area contributed by atoms with Crippen molar-refractivity contribution < 1.29 is 0 Å². The summed E-state index contributed by atoms with van der Waals surface area (Å²) in [7, 11) is 3.68. The topological polar surface area (TPSA) is 22.1 Å². The van der Waals surface area contributed by atoms with Crippen molar-refractivity contribution in [1.29, 1.82) is 0 Å². The van der Waals surface area contributed by atoms with Crippen LogP contribution in [0.3, 0.4) is 0 Å². The first-order chi connectivity index (χ1) is 15.5. The van der Waals surface area contributed by atoms with Crippen molar-refractivity contribution in [3.8, 4) is 0 Å². The Morgan fingerprint density at radius 1 is 0.844 bits per heavy atom. The van der Waals surface area contributed by atoms with E-state index in [1.54, 1.807) is 13.4 Å². The van der Waals surface area contributed by atoms with Crippen LogP contribution in [0, 0.1) is 0 Å². The van der Waals surface area contributed by atoms with Gasteiger partial charge in [0.2, 0.25) is 0 Å². The molecule has 0 bridgehead atoms. The fraction of sp³-hybridized carbons (Fsp3) is 0.250. The smallest absolute Gasteiger partial charge is 0.0888 e. The molecule has 0 aliphatic carbocycles. The molecule has 0 amide bonds. The molecule has 2 aromatic rings. The third-order valence-corrected chi connectivity index (χ3v) is 5.90. The van der Waals surface area contributed by atoms with E-state index in [1.165, 1.54) is 11.1 Å². The standard InChI is InChI=1S/C28H34N4/c1-23(30(5)22-29-4)16-17-24(2)31-18-20-32(21-19-31)25(3)28(26-12-8-6-9-13-26)27-14-10-7-11-15-27/h6-17,22,28H,1-3,18-21H2,4-5H3/b17-16-,29-22?. The third-order valence-electron chi connectivity index (χ3n) is 5.90. The minimum absolute atomic E-state index is 0.158. The highest BCUT2D eigenvalue weighted by molar-refractivity contribution is 5.58. The molecule has 0 atom stereocenters. The SMILES string of the molecule is C=C(/C=C\C(=C)N1CCN(C(=C)C(c2ccccc2)c2ccccc2)CC1)N(C)C=NC. The molecule has 32 heavy (non-hydrogen) atoms. The van der Waals surface area contributed by atoms with Crippen molar-refractivity contribution >= 4 is 6.34 Å². The summed E-state index contributed by atoms with van der Waals surface area (Å²) in [5.41, 5.74) is 5.57. The molecule has 2 aromatic carbocycles. The average molecular weight is 427 g/mol. The van der Waals surface area contributed by atoms with Crippen LogP contribution in [0.25, 0.3) is 0 Å². The number of hydrogen-bond donors (Lipinski definition) is 0. The Morgan fingerprint density at radius 2 is 1.34 bits per heavy atom. The summed E-state index contributed by atoms with van der Waals surface area (Å²) in [5.74, 6) is 0.158. The van der Waals surface area contributed by atoms with Crippen molar-refractivity contribution in [2.75, 3.05) is 40.3 Å². The predicted octanol–water partition coefficient (Wildman–Crippen LogP) is 5.12. The summed E-state index contributed by atoms with van der Waals surface area (Å²) in [4.78, 5) is 10.6. The van der Waals surface area contributed by atoms with Gasteiger partial charge >= 0.3 is 0 Å². The van der Waals surface area contributed by atoms with Crippen molar-refractivity contribution in [2.24, 2.45) is 4.99 Å². The second-order valence-corrected chi connectivity index (χ2v) is 8.02. The Kier molecular flexibility index (Phi) is 8.09. The number of benzene rings is 2. The number of aliphatic imine (C=N–C) groups is 1. The quantitative estimate of drug-likeness (QED) is 0.316. The third kappa shape index (κ3) is 5.79. The fourth-order valence-corrected chi connectivity index (χ4v) is 3.99. The molecule has 1 saturated heterocycles. The van der Waals surface area contributed by atoms with Gasteiger partial charge in [-0.2, -0.15) is 0 Å². The van der Waals surface area contributed by atoms with E-state index in [1.807, 2.05) is 24.1 Å². The Balaban J connectivity index is 1.65. The Hall–Kier alpha value is -3.53.